The summed E-state index contributed by atoms with van der Waals surface area (Å²) in [4.78, 5) is 29.7. The van der Waals surface area contributed by atoms with Crippen LogP contribution in [-0.2, 0) is 4.79 Å². The van der Waals surface area contributed by atoms with Crippen LogP contribution in [0, 0.1) is 5.82 Å². The first kappa shape index (κ1) is 21.9. The Morgan fingerprint density at radius 1 is 0.844 bits per heavy atom. The Hall–Kier alpha value is -3.32. The molecular weight excluding hydrogens is 425 g/mol. The van der Waals surface area contributed by atoms with E-state index in [1.165, 1.54) is 23.9 Å². The second-order valence-corrected chi connectivity index (χ2v) is 8.76. The Balaban J connectivity index is 1.46. The molecule has 1 atom stereocenters. The molecule has 1 unspecified atom stereocenters. The highest BCUT2D eigenvalue weighted by atomic mass is 32.2. The van der Waals surface area contributed by atoms with Gasteiger partial charge in [-0.2, -0.15) is 0 Å². The van der Waals surface area contributed by atoms with Crippen LogP contribution in [0.2, 0.25) is 0 Å². The van der Waals surface area contributed by atoms with E-state index in [-0.39, 0.29) is 11.7 Å². The number of primary amides is 1. The Bertz CT molecular complexity index is 1070. The summed E-state index contributed by atoms with van der Waals surface area (Å²) in [5.41, 5.74) is 7.72. The molecule has 0 aromatic heterocycles. The molecular formula is C25H24FN3O2S. The quantitative estimate of drug-likeness (QED) is 0.576. The van der Waals surface area contributed by atoms with Crippen molar-refractivity contribution >= 4 is 29.3 Å². The van der Waals surface area contributed by atoms with Crippen LogP contribution in [0.5, 0.6) is 0 Å². The molecule has 5 nitrogen and oxygen atoms in total. The van der Waals surface area contributed by atoms with Gasteiger partial charge in [-0.05, 0) is 54.1 Å². The van der Waals surface area contributed by atoms with Gasteiger partial charge in [0, 0.05) is 42.3 Å². The standard InChI is InChI=1S/C25H24FN3O2S/c26-20-8-12-22(13-9-20)32-23(18-4-2-1-3-5-18)25(31)29-16-14-28(15-17-29)21-10-6-19(7-11-21)24(27)30/h1-13,23H,14-17H2,(H2,27,30). The first-order valence-electron chi connectivity index (χ1n) is 10.4. The number of carbonyl (C=O) groups is 2. The monoisotopic (exact) mass is 449 g/mol. The highest BCUT2D eigenvalue weighted by Crippen LogP contribution is 2.37. The van der Waals surface area contributed by atoms with Crippen LogP contribution < -0.4 is 10.6 Å². The number of halogens is 1. The van der Waals surface area contributed by atoms with E-state index in [0.29, 0.717) is 31.7 Å². The van der Waals surface area contributed by atoms with E-state index in [0.717, 1.165) is 16.1 Å². The number of carbonyl (C=O) groups excluding carboxylic acids is 2. The van der Waals surface area contributed by atoms with E-state index in [9.17, 15) is 14.0 Å². The van der Waals surface area contributed by atoms with Gasteiger partial charge in [0.15, 0.2) is 0 Å². The molecule has 3 aromatic carbocycles. The lowest BCUT2D eigenvalue weighted by Gasteiger charge is -2.37. The van der Waals surface area contributed by atoms with Gasteiger partial charge in [-0.3, -0.25) is 9.59 Å². The second kappa shape index (κ2) is 9.87. The number of hydrogen-bond acceptors (Lipinski definition) is 4. The molecule has 1 heterocycles. The Labute approximate surface area is 191 Å². The van der Waals surface area contributed by atoms with Crippen molar-refractivity contribution in [2.45, 2.75) is 10.1 Å². The van der Waals surface area contributed by atoms with Crippen LogP contribution in [0.3, 0.4) is 0 Å². The average molecular weight is 450 g/mol. The number of thioether (sulfide) groups is 1. The third-order valence-corrected chi connectivity index (χ3v) is 6.76. The summed E-state index contributed by atoms with van der Waals surface area (Å²) < 4.78 is 13.3. The number of benzene rings is 3. The van der Waals surface area contributed by atoms with Gasteiger partial charge in [-0.25, -0.2) is 4.39 Å². The first-order valence-corrected chi connectivity index (χ1v) is 11.3. The molecule has 0 aliphatic carbocycles. The molecule has 4 rings (SSSR count). The summed E-state index contributed by atoms with van der Waals surface area (Å²) in [7, 11) is 0. The van der Waals surface area contributed by atoms with Gasteiger partial charge in [0.1, 0.15) is 11.1 Å². The van der Waals surface area contributed by atoms with Crippen molar-refractivity contribution in [2.24, 2.45) is 5.73 Å². The molecule has 1 aliphatic heterocycles. The third kappa shape index (κ3) is 5.11. The zero-order valence-corrected chi connectivity index (χ0v) is 18.3. The lowest BCUT2D eigenvalue weighted by Crippen LogP contribution is -2.49. The van der Waals surface area contributed by atoms with Crippen molar-refractivity contribution in [1.29, 1.82) is 0 Å². The van der Waals surface area contributed by atoms with Crippen molar-refractivity contribution in [1.82, 2.24) is 4.90 Å². The topological polar surface area (TPSA) is 66.6 Å². The van der Waals surface area contributed by atoms with Crippen molar-refractivity contribution in [2.75, 3.05) is 31.1 Å². The van der Waals surface area contributed by atoms with Gasteiger partial charge < -0.3 is 15.5 Å². The molecule has 0 saturated carbocycles. The third-order valence-electron chi connectivity index (χ3n) is 5.50. The summed E-state index contributed by atoms with van der Waals surface area (Å²) in [5.74, 6) is -0.691. The molecule has 3 aromatic rings. The summed E-state index contributed by atoms with van der Waals surface area (Å²) >= 11 is 1.44. The smallest absolute Gasteiger partial charge is 0.248 e. The highest BCUT2D eigenvalue weighted by molar-refractivity contribution is 8.00. The van der Waals surface area contributed by atoms with E-state index in [4.69, 9.17) is 5.73 Å². The largest absolute Gasteiger partial charge is 0.368 e. The predicted octanol–water partition coefficient (Wildman–Crippen LogP) is 4.11. The molecule has 0 bridgehead atoms. The maximum atomic E-state index is 13.5. The molecule has 1 aliphatic rings. The maximum absolute atomic E-state index is 13.5. The number of rotatable bonds is 6. The van der Waals surface area contributed by atoms with Crippen LogP contribution in [-0.4, -0.2) is 42.9 Å². The number of piperazine rings is 1. The summed E-state index contributed by atoms with van der Waals surface area (Å²) in [6.07, 6.45) is 0. The average Bonchev–Trinajstić information content (AvgIpc) is 2.84. The molecule has 0 spiro atoms. The summed E-state index contributed by atoms with van der Waals surface area (Å²) in [6.45, 7) is 2.60. The van der Waals surface area contributed by atoms with Crippen LogP contribution >= 0.6 is 11.8 Å². The Morgan fingerprint density at radius 2 is 1.47 bits per heavy atom. The fourth-order valence-corrected chi connectivity index (χ4v) is 4.83. The van der Waals surface area contributed by atoms with Gasteiger partial charge in [0.05, 0.1) is 0 Å². The van der Waals surface area contributed by atoms with Gasteiger partial charge in [-0.1, -0.05) is 30.3 Å². The SMILES string of the molecule is NC(=O)c1ccc(N2CCN(C(=O)C(Sc3ccc(F)cc3)c3ccccc3)CC2)cc1. The number of anilines is 1. The van der Waals surface area contributed by atoms with E-state index in [1.54, 1.807) is 24.3 Å². The zero-order chi connectivity index (χ0) is 22.5. The fourth-order valence-electron chi connectivity index (χ4n) is 3.73. The van der Waals surface area contributed by atoms with Gasteiger partial charge >= 0.3 is 0 Å². The molecule has 2 N–H and O–H groups in total. The number of nitrogens with zero attached hydrogens (tertiary/aromatic N) is 2. The van der Waals surface area contributed by atoms with Gasteiger partial charge in [-0.15, -0.1) is 11.8 Å². The number of hydrogen-bond donors (Lipinski definition) is 1. The molecule has 1 saturated heterocycles. The minimum Gasteiger partial charge on any atom is -0.368 e. The maximum Gasteiger partial charge on any atom is 0.248 e. The van der Waals surface area contributed by atoms with Crippen molar-refractivity contribution in [3.8, 4) is 0 Å². The minimum absolute atomic E-state index is 0.0502. The fraction of sp³-hybridized carbons (Fsp3) is 0.200. The van der Waals surface area contributed by atoms with E-state index < -0.39 is 11.2 Å². The Kier molecular flexibility index (Phi) is 6.75. The van der Waals surface area contributed by atoms with Crippen LogP contribution in [0.15, 0.2) is 83.8 Å². The molecule has 32 heavy (non-hydrogen) atoms. The number of amides is 2. The van der Waals surface area contributed by atoms with Crippen LogP contribution in [0.4, 0.5) is 10.1 Å². The lowest BCUT2D eigenvalue weighted by atomic mass is 10.1. The normalized spacial score (nSPS) is 14.8. The number of nitrogens with two attached hydrogens (primary N) is 1. The highest BCUT2D eigenvalue weighted by Gasteiger charge is 2.29. The molecule has 164 valence electrons. The van der Waals surface area contributed by atoms with Crippen molar-refractivity contribution in [3.63, 3.8) is 0 Å². The van der Waals surface area contributed by atoms with Gasteiger partial charge in [0.25, 0.3) is 0 Å². The van der Waals surface area contributed by atoms with E-state index in [1.807, 2.05) is 47.4 Å². The van der Waals surface area contributed by atoms with E-state index in [2.05, 4.69) is 4.90 Å². The lowest BCUT2D eigenvalue weighted by molar-refractivity contribution is -0.131. The molecule has 0 radical (unpaired) electrons. The molecule has 2 amide bonds. The van der Waals surface area contributed by atoms with Crippen molar-refractivity contribution in [3.05, 3.63) is 95.8 Å². The second-order valence-electron chi connectivity index (χ2n) is 7.59. The van der Waals surface area contributed by atoms with Crippen molar-refractivity contribution < 1.29 is 14.0 Å². The van der Waals surface area contributed by atoms with Crippen LogP contribution in [0.1, 0.15) is 21.2 Å². The van der Waals surface area contributed by atoms with E-state index >= 15 is 0 Å². The predicted molar refractivity (Wildman–Crippen MR) is 125 cm³/mol. The Morgan fingerprint density at radius 3 is 2.06 bits per heavy atom. The van der Waals surface area contributed by atoms with Crippen LogP contribution in [0.25, 0.3) is 0 Å². The van der Waals surface area contributed by atoms with Gasteiger partial charge in [0.2, 0.25) is 11.8 Å². The molecule has 7 heteroatoms. The summed E-state index contributed by atoms with van der Waals surface area (Å²) in [5, 5.41) is -0.400. The molecule has 1 fully saturated rings. The first-order chi connectivity index (χ1) is 15.5. The minimum atomic E-state index is -0.447. The zero-order valence-electron chi connectivity index (χ0n) is 17.5. The summed E-state index contributed by atoms with van der Waals surface area (Å²) in [6, 6.07) is 23.1.